The van der Waals surface area contributed by atoms with Crippen LogP contribution in [0.1, 0.15) is 41.4 Å². The largest absolute Gasteiger partial charge is 0.493 e. The van der Waals surface area contributed by atoms with Gasteiger partial charge in [0.15, 0.2) is 0 Å². The maximum atomic E-state index is 11.2. The summed E-state index contributed by atoms with van der Waals surface area (Å²) < 4.78 is 5.71. The number of ether oxygens (including phenoxy) is 1. The Morgan fingerprint density at radius 3 is 2.95 bits per heavy atom. The van der Waals surface area contributed by atoms with Gasteiger partial charge in [-0.3, -0.25) is 5.10 Å². The number of fused-ring (bicyclic) bond motifs is 3. The van der Waals surface area contributed by atoms with Crippen LogP contribution in [0.4, 0.5) is 0 Å². The standard InChI is InChI=1S/C15H16N2O3/c1-8(2)9-3-4-12-11(7-9)13-10(5-6-20-12)14(15(18)19)17-16-13/h3-4,7-8H,5-6H2,1-2H3,(H,16,17)(H,18,19). The van der Waals surface area contributed by atoms with Crippen molar-refractivity contribution in [2.24, 2.45) is 0 Å². The number of nitrogens with one attached hydrogen (secondary N) is 1. The lowest BCUT2D eigenvalue weighted by atomic mass is 9.97. The molecule has 0 amide bonds. The average molecular weight is 272 g/mol. The van der Waals surface area contributed by atoms with Crippen LogP contribution in [-0.4, -0.2) is 27.9 Å². The highest BCUT2D eigenvalue weighted by Crippen LogP contribution is 2.37. The predicted molar refractivity (Wildman–Crippen MR) is 74.3 cm³/mol. The maximum absolute atomic E-state index is 11.2. The van der Waals surface area contributed by atoms with E-state index in [-0.39, 0.29) is 5.69 Å². The Morgan fingerprint density at radius 1 is 1.45 bits per heavy atom. The molecule has 2 heterocycles. The molecular weight excluding hydrogens is 256 g/mol. The molecule has 2 aromatic rings. The minimum absolute atomic E-state index is 0.159. The van der Waals surface area contributed by atoms with Gasteiger partial charge in [-0.05, 0) is 23.6 Å². The number of aromatic carboxylic acids is 1. The number of hydrogen-bond donors (Lipinski definition) is 2. The molecule has 0 saturated carbocycles. The Morgan fingerprint density at radius 2 is 2.25 bits per heavy atom. The van der Waals surface area contributed by atoms with Crippen LogP contribution in [0.15, 0.2) is 18.2 Å². The van der Waals surface area contributed by atoms with Crippen molar-refractivity contribution in [1.82, 2.24) is 10.2 Å². The molecule has 3 rings (SSSR count). The molecule has 5 heteroatoms. The number of nitrogens with zero attached hydrogens (tertiary/aromatic N) is 1. The van der Waals surface area contributed by atoms with Crippen LogP contribution < -0.4 is 4.74 Å². The molecule has 0 aliphatic carbocycles. The van der Waals surface area contributed by atoms with Crippen LogP contribution in [0.5, 0.6) is 5.75 Å². The van der Waals surface area contributed by atoms with E-state index in [0.29, 0.717) is 24.6 Å². The van der Waals surface area contributed by atoms with Crippen molar-refractivity contribution in [1.29, 1.82) is 0 Å². The van der Waals surface area contributed by atoms with Crippen molar-refractivity contribution in [2.75, 3.05) is 6.61 Å². The lowest BCUT2D eigenvalue weighted by molar-refractivity contribution is 0.0689. The Bertz CT molecular complexity index is 674. The quantitative estimate of drug-likeness (QED) is 0.881. The molecule has 1 aliphatic rings. The molecule has 104 valence electrons. The van der Waals surface area contributed by atoms with Crippen molar-refractivity contribution in [3.63, 3.8) is 0 Å². The summed E-state index contributed by atoms with van der Waals surface area (Å²) in [5.41, 5.74) is 3.62. The third kappa shape index (κ3) is 1.95. The van der Waals surface area contributed by atoms with Crippen LogP contribution >= 0.6 is 0 Å². The SMILES string of the molecule is CC(C)c1ccc2c(c1)-c1n[nH]c(C(=O)O)c1CCO2. The van der Waals surface area contributed by atoms with Crippen molar-refractivity contribution in [2.45, 2.75) is 26.2 Å². The molecular formula is C15H16N2O3. The summed E-state index contributed by atoms with van der Waals surface area (Å²) in [6.07, 6.45) is 0.541. The van der Waals surface area contributed by atoms with E-state index in [9.17, 15) is 9.90 Å². The first-order valence-electron chi connectivity index (χ1n) is 6.65. The summed E-state index contributed by atoms with van der Waals surface area (Å²) in [4.78, 5) is 11.2. The fraction of sp³-hybridized carbons (Fsp3) is 0.333. The van der Waals surface area contributed by atoms with Crippen molar-refractivity contribution in [3.05, 3.63) is 35.0 Å². The van der Waals surface area contributed by atoms with E-state index in [1.165, 1.54) is 5.56 Å². The molecule has 2 N–H and O–H groups in total. The average Bonchev–Trinajstić information content (AvgIpc) is 2.75. The molecule has 0 radical (unpaired) electrons. The number of rotatable bonds is 2. The number of carboxylic acids is 1. The molecule has 1 aliphatic heterocycles. The fourth-order valence-electron chi connectivity index (χ4n) is 2.49. The van der Waals surface area contributed by atoms with Crippen molar-refractivity contribution < 1.29 is 14.6 Å². The topological polar surface area (TPSA) is 75.2 Å². The Hall–Kier alpha value is -2.30. The number of benzene rings is 1. The lowest BCUT2D eigenvalue weighted by Gasteiger charge is -2.11. The van der Waals surface area contributed by atoms with Crippen LogP contribution in [-0.2, 0) is 6.42 Å². The molecule has 5 nitrogen and oxygen atoms in total. The minimum atomic E-state index is -0.984. The van der Waals surface area contributed by atoms with Crippen LogP contribution in [0.25, 0.3) is 11.3 Å². The van der Waals surface area contributed by atoms with Gasteiger partial charge < -0.3 is 9.84 Å². The number of aromatic nitrogens is 2. The number of carbonyl (C=O) groups is 1. The van der Waals surface area contributed by atoms with E-state index in [0.717, 1.165) is 16.9 Å². The maximum Gasteiger partial charge on any atom is 0.354 e. The number of hydrogen-bond acceptors (Lipinski definition) is 3. The van der Waals surface area contributed by atoms with E-state index in [1.807, 2.05) is 18.2 Å². The van der Waals surface area contributed by atoms with Gasteiger partial charge >= 0.3 is 5.97 Å². The molecule has 0 saturated heterocycles. The van der Waals surface area contributed by atoms with Crippen LogP contribution in [0, 0.1) is 0 Å². The van der Waals surface area contributed by atoms with Gasteiger partial charge in [0, 0.05) is 17.5 Å². The van der Waals surface area contributed by atoms with Gasteiger partial charge in [0.2, 0.25) is 0 Å². The second-order valence-corrected chi connectivity index (χ2v) is 5.24. The van der Waals surface area contributed by atoms with Crippen LogP contribution in [0.2, 0.25) is 0 Å². The predicted octanol–water partition coefficient (Wildman–Crippen LogP) is 2.83. The first-order chi connectivity index (χ1) is 9.58. The first kappa shape index (κ1) is 12.7. The summed E-state index contributed by atoms with van der Waals surface area (Å²) >= 11 is 0. The minimum Gasteiger partial charge on any atom is -0.493 e. The van der Waals surface area contributed by atoms with E-state index in [1.54, 1.807) is 0 Å². The fourth-order valence-corrected chi connectivity index (χ4v) is 2.49. The summed E-state index contributed by atoms with van der Waals surface area (Å²) in [7, 11) is 0. The highest BCUT2D eigenvalue weighted by atomic mass is 16.5. The smallest absolute Gasteiger partial charge is 0.354 e. The molecule has 0 atom stereocenters. The number of carboxylic acid groups (broad SMARTS) is 1. The molecule has 0 unspecified atom stereocenters. The Kier molecular flexibility index (Phi) is 2.97. The van der Waals surface area contributed by atoms with Gasteiger partial charge in [-0.15, -0.1) is 0 Å². The van der Waals surface area contributed by atoms with E-state index < -0.39 is 5.97 Å². The van der Waals surface area contributed by atoms with Gasteiger partial charge in [-0.1, -0.05) is 19.9 Å². The Labute approximate surface area is 116 Å². The molecule has 1 aromatic heterocycles. The van der Waals surface area contributed by atoms with Crippen LogP contribution in [0.3, 0.4) is 0 Å². The second-order valence-electron chi connectivity index (χ2n) is 5.24. The van der Waals surface area contributed by atoms with E-state index >= 15 is 0 Å². The highest BCUT2D eigenvalue weighted by molar-refractivity contribution is 5.90. The van der Waals surface area contributed by atoms with E-state index in [4.69, 9.17) is 4.74 Å². The highest BCUT2D eigenvalue weighted by Gasteiger charge is 2.24. The summed E-state index contributed by atoms with van der Waals surface area (Å²) in [5.74, 6) is 0.170. The lowest BCUT2D eigenvalue weighted by Crippen LogP contribution is -2.05. The summed E-state index contributed by atoms with van der Waals surface area (Å²) in [6.45, 7) is 4.70. The summed E-state index contributed by atoms with van der Waals surface area (Å²) in [5, 5.41) is 16.0. The monoisotopic (exact) mass is 272 g/mol. The van der Waals surface area contributed by atoms with E-state index in [2.05, 4.69) is 24.0 Å². The molecule has 0 spiro atoms. The zero-order valence-corrected chi connectivity index (χ0v) is 11.4. The molecule has 0 bridgehead atoms. The Balaban J connectivity index is 2.20. The molecule has 20 heavy (non-hydrogen) atoms. The zero-order chi connectivity index (χ0) is 14.3. The number of aromatic amines is 1. The first-order valence-corrected chi connectivity index (χ1v) is 6.65. The molecule has 0 fully saturated rings. The normalized spacial score (nSPS) is 13.3. The summed E-state index contributed by atoms with van der Waals surface area (Å²) in [6, 6.07) is 6.02. The number of H-pyrrole nitrogens is 1. The van der Waals surface area contributed by atoms with Gasteiger partial charge in [0.1, 0.15) is 11.4 Å². The third-order valence-corrected chi connectivity index (χ3v) is 3.62. The van der Waals surface area contributed by atoms with Gasteiger partial charge in [-0.2, -0.15) is 5.10 Å². The zero-order valence-electron chi connectivity index (χ0n) is 11.4. The second kappa shape index (κ2) is 4.67. The van der Waals surface area contributed by atoms with Gasteiger partial charge in [0.05, 0.1) is 12.3 Å². The molecule has 1 aromatic carbocycles. The van der Waals surface area contributed by atoms with Gasteiger partial charge in [-0.25, -0.2) is 4.79 Å². The van der Waals surface area contributed by atoms with Gasteiger partial charge in [0.25, 0.3) is 0 Å². The van der Waals surface area contributed by atoms with Crippen molar-refractivity contribution >= 4 is 5.97 Å². The third-order valence-electron chi connectivity index (χ3n) is 3.62. The van der Waals surface area contributed by atoms with Crippen molar-refractivity contribution in [3.8, 4) is 17.0 Å².